The molecule has 0 aliphatic carbocycles. The Bertz CT molecular complexity index is 755. The lowest BCUT2D eigenvalue weighted by Gasteiger charge is -2.22. The predicted molar refractivity (Wildman–Crippen MR) is 89.1 cm³/mol. The Morgan fingerprint density at radius 2 is 2.00 bits per heavy atom. The Hall–Kier alpha value is -1.77. The van der Waals surface area contributed by atoms with E-state index in [0.29, 0.717) is 26.2 Å². The third-order valence-corrected chi connectivity index (χ3v) is 6.13. The zero-order valence-electron chi connectivity index (χ0n) is 13.7. The summed E-state index contributed by atoms with van der Waals surface area (Å²) >= 11 is 0. The first-order valence-electron chi connectivity index (χ1n) is 8.04. The minimum Gasteiger partial charge on any atom is -0.381 e. The van der Waals surface area contributed by atoms with Crippen molar-refractivity contribution in [2.75, 3.05) is 26.8 Å². The molecule has 0 N–H and O–H groups in total. The maximum atomic E-state index is 12.7. The second-order valence-electron chi connectivity index (χ2n) is 5.93. The molecule has 2 aromatic heterocycles. The zero-order chi connectivity index (χ0) is 17.0. The first kappa shape index (κ1) is 17.1. The molecule has 1 aliphatic rings. The molecule has 130 valence electrons. The molecule has 8 heteroatoms. The Morgan fingerprint density at radius 1 is 1.29 bits per heavy atom. The van der Waals surface area contributed by atoms with E-state index < -0.39 is 10.0 Å². The van der Waals surface area contributed by atoms with Gasteiger partial charge in [-0.15, -0.1) is 0 Å². The number of nitrogens with zero attached hydrogens (tertiary/aromatic N) is 4. The molecule has 1 fully saturated rings. The van der Waals surface area contributed by atoms with Gasteiger partial charge in [-0.2, -0.15) is 5.10 Å². The van der Waals surface area contributed by atoms with Crippen LogP contribution >= 0.6 is 0 Å². The van der Waals surface area contributed by atoms with Gasteiger partial charge in [-0.3, -0.25) is 9.67 Å². The highest BCUT2D eigenvalue weighted by Crippen LogP contribution is 2.22. The summed E-state index contributed by atoms with van der Waals surface area (Å²) in [5.74, 6) is 0. The Labute approximate surface area is 142 Å². The van der Waals surface area contributed by atoms with Crippen molar-refractivity contribution in [2.45, 2.75) is 30.2 Å². The average molecular weight is 350 g/mol. The smallest absolute Gasteiger partial charge is 0.245 e. The molecule has 1 saturated heterocycles. The molecule has 3 rings (SSSR count). The Balaban J connectivity index is 1.67. The van der Waals surface area contributed by atoms with Crippen LogP contribution in [0.2, 0.25) is 0 Å². The number of likely N-dealkylation sites (N-methyl/N-ethyl adjacent to an activating group) is 1. The van der Waals surface area contributed by atoms with Crippen LogP contribution in [0.5, 0.6) is 0 Å². The number of hydrogen-bond donors (Lipinski definition) is 0. The molecule has 2 aromatic rings. The standard InChI is InChI=1S/C16H22N4O3S/c1-19(9-4-14-2-7-17-8-3-14)24(21,22)16-12-18-20(13-16)15-5-10-23-11-6-15/h2-3,7-8,12-13,15H,4-6,9-11H2,1H3. The second kappa shape index (κ2) is 7.42. The molecular formula is C16H22N4O3S. The molecular weight excluding hydrogens is 328 g/mol. The summed E-state index contributed by atoms with van der Waals surface area (Å²) in [7, 11) is -1.92. The van der Waals surface area contributed by atoms with Gasteiger partial charge >= 0.3 is 0 Å². The first-order valence-corrected chi connectivity index (χ1v) is 9.48. The van der Waals surface area contributed by atoms with Crippen LogP contribution in [0.25, 0.3) is 0 Å². The molecule has 0 unspecified atom stereocenters. The molecule has 1 aliphatic heterocycles. The summed E-state index contributed by atoms with van der Waals surface area (Å²) < 4.78 is 33.8. The van der Waals surface area contributed by atoms with E-state index >= 15 is 0 Å². The number of pyridine rings is 1. The molecule has 24 heavy (non-hydrogen) atoms. The zero-order valence-corrected chi connectivity index (χ0v) is 14.5. The van der Waals surface area contributed by atoms with E-state index in [1.807, 2.05) is 12.1 Å². The molecule has 0 spiro atoms. The molecule has 0 bridgehead atoms. The minimum absolute atomic E-state index is 0.213. The van der Waals surface area contributed by atoms with Gasteiger partial charge in [0.1, 0.15) is 4.90 Å². The van der Waals surface area contributed by atoms with Crippen molar-refractivity contribution in [3.05, 3.63) is 42.5 Å². The van der Waals surface area contributed by atoms with E-state index in [-0.39, 0.29) is 10.9 Å². The molecule has 3 heterocycles. The van der Waals surface area contributed by atoms with Gasteiger partial charge in [0.05, 0.1) is 12.2 Å². The lowest BCUT2D eigenvalue weighted by atomic mass is 10.1. The van der Waals surface area contributed by atoms with E-state index in [1.54, 1.807) is 30.3 Å². The van der Waals surface area contributed by atoms with Gasteiger partial charge in [0, 0.05) is 45.4 Å². The van der Waals surface area contributed by atoms with Crippen LogP contribution in [0.3, 0.4) is 0 Å². The molecule has 0 amide bonds. The van der Waals surface area contributed by atoms with Gasteiger partial charge in [0.15, 0.2) is 0 Å². The van der Waals surface area contributed by atoms with Crippen molar-refractivity contribution in [1.29, 1.82) is 0 Å². The molecule has 7 nitrogen and oxygen atoms in total. The van der Waals surface area contributed by atoms with Crippen LogP contribution in [-0.2, 0) is 21.2 Å². The van der Waals surface area contributed by atoms with Crippen molar-refractivity contribution in [1.82, 2.24) is 19.1 Å². The van der Waals surface area contributed by atoms with Crippen molar-refractivity contribution in [3.8, 4) is 0 Å². The third-order valence-electron chi connectivity index (χ3n) is 4.32. The highest BCUT2D eigenvalue weighted by atomic mass is 32.2. The lowest BCUT2D eigenvalue weighted by molar-refractivity contribution is 0.0662. The van der Waals surface area contributed by atoms with Crippen LogP contribution in [-0.4, -0.2) is 54.3 Å². The summed E-state index contributed by atoms with van der Waals surface area (Å²) in [6.45, 7) is 1.80. The lowest BCUT2D eigenvalue weighted by Crippen LogP contribution is -2.29. The van der Waals surface area contributed by atoms with E-state index in [0.717, 1.165) is 18.4 Å². The van der Waals surface area contributed by atoms with E-state index in [9.17, 15) is 8.42 Å². The van der Waals surface area contributed by atoms with Gasteiger partial charge < -0.3 is 4.74 Å². The van der Waals surface area contributed by atoms with Gasteiger partial charge in [0.25, 0.3) is 0 Å². The summed E-state index contributed by atoms with van der Waals surface area (Å²) in [4.78, 5) is 4.21. The van der Waals surface area contributed by atoms with E-state index in [4.69, 9.17) is 4.74 Å². The van der Waals surface area contributed by atoms with Crippen molar-refractivity contribution in [2.24, 2.45) is 0 Å². The topological polar surface area (TPSA) is 77.3 Å². The minimum atomic E-state index is -3.52. The van der Waals surface area contributed by atoms with E-state index in [1.165, 1.54) is 10.5 Å². The van der Waals surface area contributed by atoms with Crippen LogP contribution in [0, 0.1) is 0 Å². The van der Waals surface area contributed by atoms with Crippen molar-refractivity contribution < 1.29 is 13.2 Å². The highest BCUT2D eigenvalue weighted by Gasteiger charge is 2.24. The van der Waals surface area contributed by atoms with Gasteiger partial charge in [-0.1, -0.05) is 0 Å². The quantitative estimate of drug-likeness (QED) is 0.789. The molecule has 0 atom stereocenters. The van der Waals surface area contributed by atoms with Gasteiger partial charge in [-0.25, -0.2) is 12.7 Å². The van der Waals surface area contributed by atoms with Crippen molar-refractivity contribution >= 4 is 10.0 Å². The summed E-state index contributed by atoms with van der Waals surface area (Å²) in [5, 5.41) is 4.25. The van der Waals surface area contributed by atoms with Crippen LogP contribution in [0.1, 0.15) is 24.4 Å². The SMILES string of the molecule is CN(CCc1ccncc1)S(=O)(=O)c1cnn(C2CCOCC2)c1. The summed E-state index contributed by atoms with van der Waals surface area (Å²) in [6, 6.07) is 4.00. The first-order chi connectivity index (χ1) is 11.6. The van der Waals surface area contributed by atoms with E-state index in [2.05, 4.69) is 10.1 Å². The number of rotatable bonds is 6. The number of aromatic nitrogens is 3. The molecule has 0 radical (unpaired) electrons. The Kier molecular flexibility index (Phi) is 5.27. The normalized spacial score (nSPS) is 16.6. The van der Waals surface area contributed by atoms with Gasteiger partial charge in [-0.05, 0) is 37.0 Å². The third kappa shape index (κ3) is 3.82. The predicted octanol–water partition coefficient (Wildman–Crippen LogP) is 1.49. The molecule has 0 aromatic carbocycles. The van der Waals surface area contributed by atoms with Crippen molar-refractivity contribution in [3.63, 3.8) is 0 Å². The van der Waals surface area contributed by atoms with Crippen LogP contribution < -0.4 is 0 Å². The average Bonchev–Trinajstić information content (AvgIpc) is 3.12. The maximum Gasteiger partial charge on any atom is 0.245 e. The maximum absolute atomic E-state index is 12.7. The largest absolute Gasteiger partial charge is 0.381 e. The number of hydrogen-bond acceptors (Lipinski definition) is 5. The monoisotopic (exact) mass is 350 g/mol. The fourth-order valence-electron chi connectivity index (χ4n) is 2.74. The Morgan fingerprint density at radius 3 is 2.71 bits per heavy atom. The van der Waals surface area contributed by atoms with Gasteiger partial charge in [0.2, 0.25) is 10.0 Å². The number of ether oxygens (including phenoxy) is 1. The summed E-state index contributed by atoms with van der Waals surface area (Å²) in [5.41, 5.74) is 1.06. The van der Waals surface area contributed by atoms with Crippen LogP contribution in [0.15, 0.2) is 41.8 Å². The highest BCUT2D eigenvalue weighted by molar-refractivity contribution is 7.89. The molecule has 0 saturated carbocycles. The second-order valence-corrected chi connectivity index (χ2v) is 7.98. The number of sulfonamides is 1. The fourth-order valence-corrected chi connectivity index (χ4v) is 3.85. The van der Waals surface area contributed by atoms with Crippen LogP contribution in [0.4, 0.5) is 0 Å². The summed E-state index contributed by atoms with van der Waals surface area (Å²) in [6.07, 6.45) is 8.86. The fraction of sp³-hybridized carbons (Fsp3) is 0.500.